The number of nitrogens with one attached hydrogen (secondary N) is 1. The van der Waals surface area contributed by atoms with E-state index in [0.717, 1.165) is 17.3 Å². The average Bonchev–Trinajstić information content (AvgIpc) is 2.30. The highest BCUT2D eigenvalue weighted by Crippen LogP contribution is 2.26. The molecular weight excluding hydrogens is 200 g/mol. The predicted molar refractivity (Wildman–Crippen MR) is 65.3 cm³/mol. The number of aryl methyl sites for hydroxylation is 1. The monoisotopic (exact) mass is 214 g/mol. The second-order valence-corrected chi connectivity index (χ2v) is 3.54. The number of hydrogen-bond donors (Lipinski definition) is 1. The van der Waals surface area contributed by atoms with Gasteiger partial charge in [-0.25, -0.2) is 4.98 Å². The molecule has 1 aromatic heterocycles. The number of anilines is 2. The molecule has 0 aliphatic heterocycles. The molecule has 0 aliphatic rings. The Balaban J connectivity index is 2.26. The van der Waals surface area contributed by atoms with Crippen molar-refractivity contribution in [3.8, 4) is 5.75 Å². The second kappa shape index (κ2) is 4.66. The molecule has 0 saturated carbocycles. The third-order valence-electron chi connectivity index (χ3n) is 2.29. The van der Waals surface area contributed by atoms with Gasteiger partial charge in [0.25, 0.3) is 0 Å². The molecule has 0 amide bonds. The van der Waals surface area contributed by atoms with Crippen LogP contribution in [0.5, 0.6) is 5.75 Å². The van der Waals surface area contributed by atoms with E-state index in [2.05, 4.69) is 10.3 Å². The SMILES string of the molecule is COc1ccccc1Nc1cc(C)ccn1. The first-order valence-electron chi connectivity index (χ1n) is 5.12. The third kappa shape index (κ3) is 2.31. The molecule has 0 radical (unpaired) electrons. The highest BCUT2D eigenvalue weighted by molar-refractivity contribution is 5.64. The summed E-state index contributed by atoms with van der Waals surface area (Å²) < 4.78 is 5.26. The number of hydrogen-bond acceptors (Lipinski definition) is 3. The molecule has 0 bridgehead atoms. The molecule has 1 N–H and O–H groups in total. The smallest absolute Gasteiger partial charge is 0.142 e. The number of para-hydroxylation sites is 2. The molecule has 3 nitrogen and oxygen atoms in total. The highest BCUT2D eigenvalue weighted by Gasteiger charge is 2.02. The van der Waals surface area contributed by atoms with E-state index in [4.69, 9.17) is 4.74 Å². The van der Waals surface area contributed by atoms with Crippen molar-refractivity contribution in [3.63, 3.8) is 0 Å². The Morgan fingerprint density at radius 1 is 1.19 bits per heavy atom. The average molecular weight is 214 g/mol. The lowest BCUT2D eigenvalue weighted by molar-refractivity contribution is 0.417. The van der Waals surface area contributed by atoms with Crippen LogP contribution in [-0.2, 0) is 0 Å². The van der Waals surface area contributed by atoms with Crippen LogP contribution in [-0.4, -0.2) is 12.1 Å². The molecule has 0 spiro atoms. The van der Waals surface area contributed by atoms with Crippen molar-refractivity contribution in [2.45, 2.75) is 6.92 Å². The van der Waals surface area contributed by atoms with Gasteiger partial charge in [0.05, 0.1) is 12.8 Å². The fourth-order valence-electron chi connectivity index (χ4n) is 1.49. The van der Waals surface area contributed by atoms with Gasteiger partial charge in [-0.3, -0.25) is 0 Å². The molecular formula is C13H14N2O. The van der Waals surface area contributed by atoms with Crippen molar-refractivity contribution < 1.29 is 4.74 Å². The van der Waals surface area contributed by atoms with Crippen LogP contribution in [0.15, 0.2) is 42.6 Å². The Morgan fingerprint density at radius 2 is 2.00 bits per heavy atom. The summed E-state index contributed by atoms with van der Waals surface area (Å²) in [5.41, 5.74) is 2.09. The normalized spacial score (nSPS) is 9.88. The minimum atomic E-state index is 0.811. The zero-order chi connectivity index (χ0) is 11.4. The van der Waals surface area contributed by atoms with Crippen LogP contribution in [0.4, 0.5) is 11.5 Å². The molecule has 2 aromatic rings. The zero-order valence-corrected chi connectivity index (χ0v) is 9.40. The summed E-state index contributed by atoms with van der Waals surface area (Å²) in [6.07, 6.45) is 1.78. The predicted octanol–water partition coefficient (Wildman–Crippen LogP) is 3.14. The van der Waals surface area contributed by atoms with Crippen LogP contribution in [0.2, 0.25) is 0 Å². The maximum absolute atomic E-state index is 5.26. The molecule has 16 heavy (non-hydrogen) atoms. The lowest BCUT2D eigenvalue weighted by atomic mass is 10.2. The number of benzene rings is 1. The summed E-state index contributed by atoms with van der Waals surface area (Å²) in [6, 6.07) is 11.7. The van der Waals surface area contributed by atoms with Gasteiger partial charge in [-0.1, -0.05) is 12.1 Å². The maximum Gasteiger partial charge on any atom is 0.142 e. The number of rotatable bonds is 3. The summed E-state index contributed by atoms with van der Waals surface area (Å²) in [7, 11) is 1.66. The van der Waals surface area contributed by atoms with E-state index in [-0.39, 0.29) is 0 Å². The fraction of sp³-hybridized carbons (Fsp3) is 0.154. The Hall–Kier alpha value is -2.03. The number of methoxy groups -OCH3 is 1. The molecule has 1 aromatic carbocycles. The van der Waals surface area contributed by atoms with Gasteiger partial charge in [0, 0.05) is 6.20 Å². The summed E-state index contributed by atoms with van der Waals surface area (Å²) in [5.74, 6) is 1.63. The van der Waals surface area contributed by atoms with E-state index in [0.29, 0.717) is 0 Å². The molecule has 0 aliphatic carbocycles. The summed E-state index contributed by atoms with van der Waals surface area (Å²) in [5, 5.41) is 3.23. The molecule has 3 heteroatoms. The first-order valence-corrected chi connectivity index (χ1v) is 5.12. The Morgan fingerprint density at radius 3 is 2.75 bits per heavy atom. The van der Waals surface area contributed by atoms with Gasteiger partial charge in [-0.2, -0.15) is 0 Å². The number of ether oxygens (including phenoxy) is 1. The van der Waals surface area contributed by atoms with Gasteiger partial charge >= 0.3 is 0 Å². The summed E-state index contributed by atoms with van der Waals surface area (Å²) in [6.45, 7) is 2.04. The maximum atomic E-state index is 5.26. The minimum absolute atomic E-state index is 0.811. The van der Waals surface area contributed by atoms with Gasteiger partial charge in [-0.05, 0) is 36.8 Å². The van der Waals surface area contributed by atoms with Gasteiger partial charge < -0.3 is 10.1 Å². The van der Waals surface area contributed by atoms with Crippen LogP contribution in [0.3, 0.4) is 0 Å². The van der Waals surface area contributed by atoms with Gasteiger partial charge in [0.15, 0.2) is 0 Å². The van der Waals surface area contributed by atoms with Crippen molar-refractivity contribution in [1.29, 1.82) is 0 Å². The van der Waals surface area contributed by atoms with Crippen molar-refractivity contribution in [3.05, 3.63) is 48.2 Å². The number of pyridine rings is 1. The Kier molecular flexibility index (Phi) is 3.05. The number of aromatic nitrogens is 1. The van der Waals surface area contributed by atoms with Crippen LogP contribution in [0.25, 0.3) is 0 Å². The van der Waals surface area contributed by atoms with Gasteiger partial charge in [0.2, 0.25) is 0 Å². The van der Waals surface area contributed by atoms with Crippen molar-refractivity contribution in [2.24, 2.45) is 0 Å². The van der Waals surface area contributed by atoms with Crippen LogP contribution < -0.4 is 10.1 Å². The van der Waals surface area contributed by atoms with Crippen LogP contribution >= 0.6 is 0 Å². The third-order valence-corrected chi connectivity index (χ3v) is 2.29. The van der Waals surface area contributed by atoms with Crippen LogP contribution in [0.1, 0.15) is 5.56 Å². The summed E-state index contributed by atoms with van der Waals surface area (Å²) in [4.78, 5) is 4.24. The molecule has 1 heterocycles. The fourth-order valence-corrected chi connectivity index (χ4v) is 1.49. The van der Waals surface area contributed by atoms with E-state index in [1.165, 1.54) is 5.56 Å². The minimum Gasteiger partial charge on any atom is -0.495 e. The van der Waals surface area contributed by atoms with Crippen molar-refractivity contribution in [2.75, 3.05) is 12.4 Å². The van der Waals surface area contributed by atoms with E-state index >= 15 is 0 Å². The molecule has 0 atom stereocenters. The van der Waals surface area contributed by atoms with Crippen LogP contribution in [0, 0.1) is 6.92 Å². The first kappa shape index (κ1) is 10.5. The van der Waals surface area contributed by atoms with E-state index < -0.39 is 0 Å². The standard InChI is InChI=1S/C13H14N2O/c1-10-7-8-14-13(9-10)15-11-5-3-4-6-12(11)16-2/h3-9H,1-2H3,(H,14,15). The molecule has 0 fully saturated rings. The Labute approximate surface area is 95.1 Å². The van der Waals surface area contributed by atoms with Crippen molar-refractivity contribution in [1.82, 2.24) is 4.98 Å². The quantitative estimate of drug-likeness (QED) is 0.852. The first-order chi connectivity index (χ1) is 7.79. The Bertz CT molecular complexity index is 483. The molecule has 82 valence electrons. The highest BCUT2D eigenvalue weighted by atomic mass is 16.5. The van der Waals surface area contributed by atoms with Gasteiger partial charge in [-0.15, -0.1) is 0 Å². The molecule has 0 saturated heterocycles. The lowest BCUT2D eigenvalue weighted by Crippen LogP contribution is -1.96. The van der Waals surface area contributed by atoms with Crippen molar-refractivity contribution >= 4 is 11.5 Å². The summed E-state index contributed by atoms with van der Waals surface area (Å²) >= 11 is 0. The van der Waals surface area contributed by atoms with Gasteiger partial charge in [0.1, 0.15) is 11.6 Å². The van der Waals surface area contributed by atoms with E-state index in [9.17, 15) is 0 Å². The molecule has 0 unspecified atom stereocenters. The second-order valence-electron chi connectivity index (χ2n) is 3.54. The van der Waals surface area contributed by atoms with E-state index in [1.54, 1.807) is 13.3 Å². The topological polar surface area (TPSA) is 34.1 Å². The zero-order valence-electron chi connectivity index (χ0n) is 9.40. The largest absolute Gasteiger partial charge is 0.495 e. The molecule has 2 rings (SSSR count). The number of nitrogens with zero attached hydrogens (tertiary/aromatic N) is 1. The lowest BCUT2D eigenvalue weighted by Gasteiger charge is -2.10. The van der Waals surface area contributed by atoms with E-state index in [1.807, 2.05) is 43.3 Å².